The first-order valence-electron chi connectivity index (χ1n) is 4.14. The van der Waals surface area contributed by atoms with Gasteiger partial charge in [-0.25, -0.2) is 0 Å². The van der Waals surface area contributed by atoms with Crippen LogP contribution < -0.4 is 5.32 Å². The third kappa shape index (κ3) is 0.956. The summed E-state index contributed by atoms with van der Waals surface area (Å²) in [6, 6.07) is 0. The molecule has 0 aromatic rings. The molecule has 2 rings (SSSR count). The van der Waals surface area contributed by atoms with Gasteiger partial charge in [0.2, 0.25) is 0 Å². The van der Waals surface area contributed by atoms with Crippen molar-refractivity contribution < 1.29 is 0 Å². The summed E-state index contributed by atoms with van der Waals surface area (Å²) in [6.45, 7) is 3.86. The predicted molar refractivity (Wildman–Crippen MR) is 41.9 cm³/mol. The molecular weight excluding hydrogens is 124 g/mol. The first-order valence-corrected chi connectivity index (χ1v) is 4.14. The maximum Gasteiger partial charge on any atom is 0.00100 e. The van der Waals surface area contributed by atoms with Gasteiger partial charge in [-0.2, -0.15) is 0 Å². The molecule has 1 N–H and O–H groups in total. The molecule has 1 heterocycles. The second kappa shape index (κ2) is 2.21. The van der Waals surface area contributed by atoms with Crippen molar-refractivity contribution in [2.75, 3.05) is 33.7 Å². The van der Waals surface area contributed by atoms with Crippen LogP contribution in [0.3, 0.4) is 0 Å². The van der Waals surface area contributed by atoms with Gasteiger partial charge in [-0.15, -0.1) is 0 Å². The summed E-state index contributed by atoms with van der Waals surface area (Å²) in [5, 5.41) is 3.41. The van der Waals surface area contributed by atoms with Crippen LogP contribution in [-0.4, -0.2) is 38.6 Å². The molecule has 1 saturated heterocycles. The van der Waals surface area contributed by atoms with Crippen LogP contribution in [0.2, 0.25) is 0 Å². The van der Waals surface area contributed by atoms with Crippen LogP contribution in [0.1, 0.15) is 0 Å². The van der Waals surface area contributed by atoms with Gasteiger partial charge in [0.1, 0.15) is 0 Å². The van der Waals surface area contributed by atoms with Crippen molar-refractivity contribution in [3.63, 3.8) is 0 Å². The Kier molecular flexibility index (Phi) is 1.46. The highest BCUT2D eigenvalue weighted by molar-refractivity contribution is 5.04. The number of rotatable bonds is 2. The molecule has 2 aliphatic rings. The third-order valence-corrected chi connectivity index (χ3v) is 2.84. The van der Waals surface area contributed by atoms with Crippen LogP contribution in [0.25, 0.3) is 0 Å². The highest BCUT2D eigenvalue weighted by Crippen LogP contribution is 2.48. The molecule has 2 fully saturated rings. The van der Waals surface area contributed by atoms with Crippen molar-refractivity contribution in [1.29, 1.82) is 0 Å². The summed E-state index contributed by atoms with van der Waals surface area (Å²) in [5.74, 6) is 3.08. The highest BCUT2D eigenvalue weighted by Gasteiger charge is 2.52. The van der Waals surface area contributed by atoms with E-state index < -0.39 is 0 Å². The van der Waals surface area contributed by atoms with Crippen LogP contribution in [0.15, 0.2) is 0 Å². The summed E-state index contributed by atoms with van der Waals surface area (Å²) in [4.78, 5) is 2.31. The van der Waals surface area contributed by atoms with Crippen molar-refractivity contribution in [2.45, 2.75) is 0 Å². The lowest BCUT2D eigenvalue weighted by molar-refractivity contribution is 0.362. The van der Waals surface area contributed by atoms with Crippen molar-refractivity contribution >= 4 is 0 Å². The zero-order valence-corrected chi connectivity index (χ0v) is 6.80. The first kappa shape index (κ1) is 6.62. The van der Waals surface area contributed by atoms with Crippen LogP contribution in [0.4, 0.5) is 0 Å². The Morgan fingerprint density at radius 3 is 2.40 bits per heavy atom. The molecule has 1 unspecified atom stereocenters. The quantitative estimate of drug-likeness (QED) is 0.581. The van der Waals surface area contributed by atoms with Crippen molar-refractivity contribution in [3.05, 3.63) is 0 Å². The van der Waals surface area contributed by atoms with Gasteiger partial charge in [0.15, 0.2) is 0 Å². The minimum Gasteiger partial charge on any atom is -0.316 e. The number of hydrogen-bond donors (Lipinski definition) is 1. The highest BCUT2D eigenvalue weighted by atomic mass is 15.1. The first-order chi connectivity index (χ1) is 4.79. The van der Waals surface area contributed by atoms with E-state index in [1.807, 2.05) is 0 Å². The number of hydrogen-bond acceptors (Lipinski definition) is 2. The smallest absolute Gasteiger partial charge is 0.00100 e. The van der Waals surface area contributed by atoms with Gasteiger partial charge in [-0.05, 0) is 44.9 Å². The second-order valence-electron chi connectivity index (χ2n) is 3.91. The summed E-state index contributed by atoms with van der Waals surface area (Å²) in [6.07, 6.45) is 0. The Morgan fingerprint density at radius 1 is 1.30 bits per heavy atom. The second-order valence-corrected chi connectivity index (χ2v) is 3.91. The topological polar surface area (TPSA) is 15.3 Å². The Balaban J connectivity index is 1.79. The largest absolute Gasteiger partial charge is 0.316 e. The molecule has 1 aliphatic heterocycles. The van der Waals surface area contributed by atoms with Gasteiger partial charge in [-0.1, -0.05) is 0 Å². The van der Waals surface area contributed by atoms with Crippen molar-refractivity contribution in [1.82, 2.24) is 10.2 Å². The van der Waals surface area contributed by atoms with E-state index in [-0.39, 0.29) is 0 Å². The monoisotopic (exact) mass is 140 g/mol. The Labute approximate surface area is 62.6 Å². The lowest BCUT2D eigenvalue weighted by Crippen LogP contribution is -2.22. The molecule has 0 aromatic carbocycles. The summed E-state index contributed by atoms with van der Waals surface area (Å²) in [7, 11) is 4.34. The standard InChI is InChI=1S/C8H16N2/c1-10(2)5-8-6-3-9-4-7(6)8/h6-9H,3-5H2,1-2H3/t6-,7+,8?. The van der Waals surface area contributed by atoms with Crippen LogP contribution in [0.5, 0.6) is 0 Å². The SMILES string of the molecule is CN(C)CC1[C@H]2CNC[C@@H]12. The van der Waals surface area contributed by atoms with Crippen LogP contribution >= 0.6 is 0 Å². The summed E-state index contributed by atoms with van der Waals surface area (Å²) < 4.78 is 0. The molecule has 0 aromatic heterocycles. The van der Waals surface area contributed by atoms with Crippen LogP contribution in [-0.2, 0) is 0 Å². The molecule has 0 amide bonds. The van der Waals surface area contributed by atoms with Crippen molar-refractivity contribution in [3.8, 4) is 0 Å². The van der Waals surface area contributed by atoms with E-state index in [1.54, 1.807) is 0 Å². The van der Waals surface area contributed by atoms with Crippen molar-refractivity contribution in [2.24, 2.45) is 17.8 Å². The molecule has 0 radical (unpaired) electrons. The minimum absolute atomic E-state index is 1.02. The number of nitrogens with one attached hydrogen (secondary N) is 1. The lowest BCUT2D eigenvalue weighted by atomic mass is 10.3. The molecule has 10 heavy (non-hydrogen) atoms. The van der Waals surface area contributed by atoms with Gasteiger partial charge in [0.05, 0.1) is 0 Å². The molecule has 58 valence electrons. The number of fused-ring (bicyclic) bond motifs is 1. The van der Waals surface area contributed by atoms with Gasteiger partial charge >= 0.3 is 0 Å². The minimum atomic E-state index is 1.02. The van der Waals surface area contributed by atoms with E-state index >= 15 is 0 Å². The lowest BCUT2D eigenvalue weighted by Gasteiger charge is -2.10. The van der Waals surface area contributed by atoms with E-state index in [2.05, 4.69) is 24.3 Å². The molecule has 0 spiro atoms. The van der Waals surface area contributed by atoms with Gasteiger partial charge in [-0.3, -0.25) is 0 Å². The van der Waals surface area contributed by atoms with Gasteiger partial charge < -0.3 is 10.2 Å². The molecule has 0 bridgehead atoms. The normalized spacial score (nSPS) is 44.1. The third-order valence-electron chi connectivity index (χ3n) is 2.84. The molecule has 2 nitrogen and oxygen atoms in total. The van der Waals surface area contributed by atoms with Gasteiger partial charge in [0, 0.05) is 6.54 Å². The molecule has 1 saturated carbocycles. The molecule has 3 atom stereocenters. The fraction of sp³-hybridized carbons (Fsp3) is 1.00. The fourth-order valence-electron chi connectivity index (χ4n) is 2.24. The predicted octanol–water partition coefficient (Wildman–Crippen LogP) is 0.0134. The maximum atomic E-state index is 3.41. The number of nitrogens with zero attached hydrogens (tertiary/aromatic N) is 1. The number of piperidine rings is 1. The molecule has 2 heteroatoms. The molecular formula is C8H16N2. The summed E-state index contributed by atoms with van der Waals surface area (Å²) in [5.41, 5.74) is 0. The van der Waals surface area contributed by atoms with Crippen LogP contribution in [0, 0.1) is 17.8 Å². The average molecular weight is 140 g/mol. The van der Waals surface area contributed by atoms with E-state index in [9.17, 15) is 0 Å². The van der Waals surface area contributed by atoms with E-state index in [1.165, 1.54) is 19.6 Å². The average Bonchev–Trinajstić information content (AvgIpc) is 2.40. The van der Waals surface area contributed by atoms with E-state index in [0.717, 1.165) is 17.8 Å². The van der Waals surface area contributed by atoms with E-state index in [0.29, 0.717) is 0 Å². The van der Waals surface area contributed by atoms with Gasteiger partial charge in [0.25, 0.3) is 0 Å². The fourth-order valence-corrected chi connectivity index (χ4v) is 2.24. The summed E-state index contributed by atoms with van der Waals surface area (Å²) >= 11 is 0. The maximum absolute atomic E-state index is 3.41. The zero-order chi connectivity index (χ0) is 7.14. The Bertz CT molecular complexity index is 123. The van der Waals surface area contributed by atoms with E-state index in [4.69, 9.17) is 0 Å². The Hall–Kier alpha value is -0.0800. The Morgan fingerprint density at radius 2 is 1.90 bits per heavy atom. The zero-order valence-electron chi connectivity index (χ0n) is 6.80. The molecule has 1 aliphatic carbocycles.